The average molecular weight is 399 g/mol. The van der Waals surface area contributed by atoms with E-state index in [1.54, 1.807) is 16.2 Å². The highest BCUT2D eigenvalue weighted by Crippen LogP contribution is 2.44. The fraction of sp³-hybridized carbons (Fsp3) is 0.588. The summed E-state index contributed by atoms with van der Waals surface area (Å²) in [5.41, 5.74) is 1.55. The lowest BCUT2D eigenvalue weighted by molar-refractivity contribution is -0.141. The summed E-state index contributed by atoms with van der Waals surface area (Å²) >= 11 is 1.62. The minimum Gasteiger partial charge on any atom is -0.396 e. The van der Waals surface area contributed by atoms with Crippen molar-refractivity contribution in [3.05, 3.63) is 34.0 Å². The van der Waals surface area contributed by atoms with E-state index in [4.69, 9.17) is 0 Å². The summed E-state index contributed by atoms with van der Waals surface area (Å²) in [7, 11) is 0. The highest BCUT2D eigenvalue weighted by molar-refractivity contribution is 7.09. The molecule has 2 atom stereocenters. The lowest BCUT2D eigenvalue weighted by Gasteiger charge is -2.27. The first-order chi connectivity index (χ1) is 12.8. The predicted octanol–water partition coefficient (Wildman–Crippen LogP) is 2.19. The third kappa shape index (κ3) is 3.41. The van der Waals surface area contributed by atoms with Crippen LogP contribution in [0, 0.1) is 18.3 Å². The molecule has 2 aromatic heterocycles. The van der Waals surface area contributed by atoms with Gasteiger partial charge in [-0.3, -0.25) is 4.90 Å². The van der Waals surface area contributed by atoms with Crippen molar-refractivity contribution in [1.29, 1.82) is 0 Å². The van der Waals surface area contributed by atoms with Crippen molar-refractivity contribution in [2.75, 3.05) is 37.7 Å². The molecule has 4 heterocycles. The van der Waals surface area contributed by atoms with Crippen LogP contribution in [0.25, 0.3) is 0 Å². The van der Waals surface area contributed by atoms with E-state index in [9.17, 15) is 18.3 Å². The lowest BCUT2D eigenvalue weighted by Crippen LogP contribution is -2.37. The van der Waals surface area contributed by atoms with Crippen LogP contribution in [0.15, 0.2) is 17.8 Å². The number of rotatable bonds is 4. The number of anilines is 1. The Kier molecular flexibility index (Phi) is 4.59. The highest BCUT2D eigenvalue weighted by atomic mass is 32.1. The molecule has 0 saturated carbocycles. The number of fused-ring (bicyclic) bond motifs is 1. The van der Waals surface area contributed by atoms with Gasteiger partial charge >= 0.3 is 6.18 Å². The van der Waals surface area contributed by atoms with Crippen LogP contribution in [0.3, 0.4) is 0 Å². The van der Waals surface area contributed by atoms with Crippen molar-refractivity contribution in [3.8, 4) is 0 Å². The smallest absolute Gasteiger partial charge is 0.396 e. The summed E-state index contributed by atoms with van der Waals surface area (Å²) in [5.74, 6) is 0.241. The number of nitrogens with zero attached hydrogens (tertiary/aromatic N) is 5. The van der Waals surface area contributed by atoms with Crippen molar-refractivity contribution in [2.45, 2.75) is 19.6 Å². The topological polar surface area (TPSA) is 65.4 Å². The minimum absolute atomic E-state index is 0.00863. The van der Waals surface area contributed by atoms with Crippen LogP contribution in [0.2, 0.25) is 0 Å². The maximum absolute atomic E-state index is 12.9. The van der Waals surface area contributed by atoms with Gasteiger partial charge in [-0.05, 0) is 18.9 Å². The molecule has 2 aliphatic heterocycles. The summed E-state index contributed by atoms with van der Waals surface area (Å²) in [6.45, 7) is 5.24. The molecule has 0 bridgehead atoms. The van der Waals surface area contributed by atoms with Crippen LogP contribution < -0.4 is 4.90 Å². The van der Waals surface area contributed by atoms with Crippen molar-refractivity contribution in [3.63, 3.8) is 0 Å². The number of aliphatic hydroxyl groups is 1. The summed E-state index contributed by atoms with van der Waals surface area (Å²) in [6, 6.07) is 0.876. The first-order valence-electron chi connectivity index (χ1n) is 8.68. The highest BCUT2D eigenvalue weighted by Gasteiger charge is 2.52. The largest absolute Gasteiger partial charge is 0.433 e. The second kappa shape index (κ2) is 6.68. The number of aromatic nitrogens is 3. The molecule has 0 amide bonds. The standard InChI is InChI=1S/C17H20F3N5OS/c1-11-13(27-10-22-11)6-24-4-12-5-25(8-16(12,7-24)9-26)15-21-3-2-14(23-15)17(18,19)20/h2-3,10,12,26H,4-9H2,1H3. The molecule has 27 heavy (non-hydrogen) atoms. The summed E-state index contributed by atoms with van der Waals surface area (Å²) < 4.78 is 38.8. The summed E-state index contributed by atoms with van der Waals surface area (Å²) in [5, 5.41) is 10.1. The Labute approximate surface area is 158 Å². The van der Waals surface area contributed by atoms with Crippen molar-refractivity contribution in [2.24, 2.45) is 11.3 Å². The number of aryl methyl sites for hydroxylation is 1. The number of alkyl halides is 3. The Morgan fingerprint density at radius 1 is 1.30 bits per heavy atom. The molecular formula is C17H20F3N5OS. The van der Waals surface area contributed by atoms with Gasteiger partial charge in [0.15, 0.2) is 0 Å². The molecule has 146 valence electrons. The number of likely N-dealkylation sites (tertiary alicyclic amines) is 1. The van der Waals surface area contributed by atoms with Crippen LogP contribution in [-0.4, -0.2) is 57.7 Å². The van der Waals surface area contributed by atoms with Gasteiger partial charge in [-0.2, -0.15) is 13.2 Å². The van der Waals surface area contributed by atoms with Gasteiger partial charge in [0.25, 0.3) is 0 Å². The number of hydrogen-bond donors (Lipinski definition) is 1. The molecule has 2 aromatic rings. The SMILES string of the molecule is Cc1ncsc1CN1CC2CN(c3nccc(C(F)(F)F)n3)CC2(CO)C1. The Morgan fingerprint density at radius 2 is 2.11 bits per heavy atom. The molecule has 0 aromatic carbocycles. The Hall–Kier alpha value is -1.78. The molecule has 0 spiro atoms. The van der Waals surface area contributed by atoms with E-state index in [0.717, 1.165) is 31.0 Å². The van der Waals surface area contributed by atoms with Crippen molar-refractivity contribution in [1.82, 2.24) is 19.9 Å². The molecule has 1 N–H and O–H groups in total. The van der Waals surface area contributed by atoms with E-state index in [2.05, 4.69) is 19.9 Å². The Bertz CT molecular complexity index is 829. The molecular weight excluding hydrogens is 379 g/mol. The molecule has 0 radical (unpaired) electrons. The van der Waals surface area contributed by atoms with Gasteiger partial charge in [-0.15, -0.1) is 11.3 Å². The first kappa shape index (κ1) is 18.6. The van der Waals surface area contributed by atoms with Gasteiger partial charge in [0.1, 0.15) is 5.69 Å². The van der Waals surface area contributed by atoms with Crippen LogP contribution in [0.5, 0.6) is 0 Å². The summed E-state index contributed by atoms with van der Waals surface area (Å²) in [6.07, 6.45) is -3.35. The zero-order valence-corrected chi connectivity index (χ0v) is 15.6. The maximum Gasteiger partial charge on any atom is 0.433 e. The lowest BCUT2D eigenvalue weighted by atomic mass is 9.82. The van der Waals surface area contributed by atoms with Gasteiger partial charge in [-0.1, -0.05) is 0 Å². The fourth-order valence-electron chi connectivity index (χ4n) is 4.13. The third-order valence-electron chi connectivity index (χ3n) is 5.57. The third-order valence-corrected chi connectivity index (χ3v) is 6.49. The normalized spacial score (nSPS) is 26.0. The maximum atomic E-state index is 12.9. The van der Waals surface area contributed by atoms with Crippen LogP contribution in [0.4, 0.5) is 19.1 Å². The molecule has 0 aliphatic carbocycles. The van der Waals surface area contributed by atoms with Crippen LogP contribution in [0.1, 0.15) is 16.3 Å². The van der Waals surface area contributed by atoms with Crippen molar-refractivity contribution < 1.29 is 18.3 Å². The predicted molar refractivity (Wildman–Crippen MR) is 94.4 cm³/mol. The number of hydrogen-bond acceptors (Lipinski definition) is 7. The van der Waals surface area contributed by atoms with E-state index < -0.39 is 11.9 Å². The molecule has 2 aliphatic rings. The van der Waals surface area contributed by atoms with Crippen LogP contribution in [-0.2, 0) is 12.7 Å². The molecule has 2 saturated heterocycles. The summed E-state index contributed by atoms with van der Waals surface area (Å²) in [4.78, 5) is 17.3. The average Bonchev–Trinajstić information content (AvgIpc) is 3.27. The second-order valence-corrected chi connectivity index (χ2v) is 8.31. The Balaban J connectivity index is 1.49. The zero-order valence-electron chi connectivity index (χ0n) is 14.8. The molecule has 10 heteroatoms. The van der Waals surface area contributed by atoms with Gasteiger partial charge in [-0.25, -0.2) is 15.0 Å². The van der Waals surface area contributed by atoms with E-state index >= 15 is 0 Å². The Morgan fingerprint density at radius 3 is 2.74 bits per heavy atom. The van der Waals surface area contributed by atoms with E-state index in [-0.39, 0.29) is 23.9 Å². The first-order valence-corrected chi connectivity index (χ1v) is 9.56. The van der Waals surface area contributed by atoms with E-state index in [1.807, 2.05) is 12.4 Å². The molecule has 2 unspecified atom stereocenters. The van der Waals surface area contributed by atoms with E-state index in [0.29, 0.717) is 19.6 Å². The molecule has 2 fully saturated rings. The number of halogens is 3. The fourth-order valence-corrected chi connectivity index (χ4v) is 4.95. The molecule has 4 rings (SSSR count). The van der Waals surface area contributed by atoms with E-state index in [1.165, 1.54) is 4.88 Å². The number of thiazole rings is 1. The molecule has 6 nitrogen and oxygen atoms in total. The van der Waals surface area contributed by atoms with Crippen LogP contribution >= 0.6 is 11.3 Å². The van der Waals surface area contributed by atoms with Gasteiger partial charge in [0, 0.05) is 49.2 Å². The second-order valence-electron chi connectivity index (χ2n) is 7.37. The van der Waals surface area contributed by atoms with Gasteiger partial charge in [0.05, 0.1) is 17.8 Å². The van der Waals surface area contributed by atoms with Gasteiger partial charge < -0.3 is 10.0 Å². The number of aliphatic hydroxyl groups excluding tert-OH is 1. The monoisotopic (exact) mass is 399 g/mol. The zero-order chi connectivity index (χ0) is 19.2. The minimum atomic E-state index is -4.49. The van der Waals surface area contributed by atoms with Crippen molar-refractivity contribution >= 4 is 17.3 Å². The van der Waals surface area contributed by atoms with Gasteiger partial charge in [0.2, 0.25) is 5.95 Å². The quantitative estimate of drug-likeness (QED) is 0.850.